The molecular formula is C15H19NO5S2. The van der Waals surface area contributed by atoms with Crippen LogP contribution in [0, 0.1) is 0 Å². The molecule has 126 valence electrons. The number of hydrogen-bond acceptors (Lipinski definition) is 6. The number of rotatable bonds is 5. The van der Waals surface area contributed by atoms with Crippen molar-refractivity contribution in [2.24, 2.45) is 0 Å². The molecule has 0 radical (unpaired) electrons. The van der Waals surface area contributed by atoms with Crippen molar-refractivity contribution in [1.29, 1.82) is 0 Å². The topological polar surface area (TPSA) is 102 Å². The molecule has 0 unspecified atom stereocenters. The van der Waals surface area contributed by atoms with Crippen molar-refractivity contribution in [2.75, 3.05) is 20.6 Å². The lowest BCUT2D eigenvalue weighted by Crippen LogP contribution is -3.05. The molecule has 0 fully saturated rings. The number of carbonyl (C=O) groups is 2. The summed E-state index contributed by atoms with van der Waals surface area (Å²) < 4.78 is 0. The Morgan fingerprint density at radius 3 is 1.87 bits per heavy atom. The van der Waals surface area contributed by atoms with Crippen LogP contribution in [0.25, 0.3) is 0 Å². The van der Waals surface area contributed by atoms with Gasteiger partial charge < -0.3 is 25.0 Å². The van der Waals surface area contributed by atoms with Crippen molar-refractivity contribution in [1.82, 2.24) is 0 Å². The predicted molar refractivity (Wildman–Crippen MR) is 86.6 cm³/mol. The normalized spacial score (nSPS) is 11.0. The van der Waals surface area contributed by atoms with E-state index in [1.54, 1.807) is 22.7 Å². The van der Waals surface area contributed by atoms with E-state index in [0.717, 1.165) is 24.1 Å². The third kappa shape index (κ3) is 5.76. The fourth-order valence-electron chi connectivity index (χ4n) is 1.89. The first kappa shape index (κ1) is 19.3. The highest BCUT2D eigenvalue weighted by molar-refractivity contribution is 7.08. The summed E-state index contributed by atoms with van der Waals surface area (Å²) in [6, 6.07) is 4.04. The number of hydrogen-bond donors (Lipinski definition) is 3. The summed E-state index contributed by atoms with van der Waals surface area (Å²) in [6.07, 6.45) is 0.753. The molecule has 0 aromatic carbocycles. The number of carboxylic acid groups (broad SMARTS) is 2. The lowest BCUT2D eigenvalue weighted by Gasteiger charge is -2.27. The molecule has 0 spiro atoms. The van der Waals surface area contributed by atoms with Crippen molar-refractivity contribution < 1.29 is 29.8 Å². The van der Waals surface area contributed by atoms with E-state index in [4.69, 9.17) is 19.8 Å². The van der Waals surface area contributed by atoms with Gasteiger partial charge in [0.1, 0.15) is 5.60 Å². The molecule has 8 heteroatoms. The van der Waals surface area contributed by atoms with Gasteiger partial charge in [0.05, 0.1) is 20.6 Å². The summed E-state index contributed by atoms with van der Waals surface area (Å²) in [5.74, 6) is -4.01. The van der Waals surface area contributed by atoms with Gasteiger partial charge in [-0.2, -0.15) is 22.7 Å². The average molecular weight is 357 g/mol. The monoisotopic (exact) mass is 357 g/mol. The van der Waals surface area contributed by atoms with E-state index >= 15 is 0 Å². The quantitative estimate of drug-likeness (QED) is 0.620. The van der Waals surface area contributed by atoms with Crippen molar-refractivity contribution >= 4 is 34.6 Å². The second-order valence-electron chi connectivity index (χ2n) is 5.18. The van der Waals surface area contributed by atoms with Crippen molar-refractivity contribution in [3.63, 3.8) is 0 Å². The molecule has 23 heavy (non-hydrogen) atoms. The summed E-state index contributed by atoms with van der Waals surface area (Å²) >= 11 is 3.27. The largest absolute Gasteiger partial charge is 0.539 e. The number of carboxylic acids is 2. The van der Waals surface area contributed by atoms with Crippen LogP contribution < -0.4 is 10.0 Å². The lowest BCUT2D eigenvalue weighted by molar-refractivity contribution is -0.859. The Morgan fingerprint density at radius 1 is 1.17 bits per heavy atom. The van der Waals surface area contributed by atoms with E-state index in [1.807, 2.05) is 33.7 Å². The minimum Gasteiger partial charge on any atom is -0.539 e. The number of quaternary nitrogens is 1. The Morgan fingerprint density at radius 2 is 1.61 bits per heavy atom. The van der Waals surface area contributed by atoms with E-state index in [2.05, 4.69) is 14.1 Å². The maximum atomic E-state index is 11.0. The highest BCUT2D eigenvalue weighted by Crippen LogP contribution is 2.34. The molecular weight excluding hydrogens is 338 g/mol. The molecule has 0 bridgehead atoms. The third-order valence-electron chi connectivity index (χ3n) is 3.16. The maximum Gasteiger partial charge on any atom is 0.351 e. The van der Waals surface area contributed by atoms with Gasteiger partial charge in [-0.3, -0.25) is 0 Å². The minimum absolute atomic E-state index is 0.753. The Hall–Kier alpha value is -1.74. The first-order valence-corrected chi connectivity index (χ1v) is 8.67. The third-order valence-corrected chi connectivity index (χ3v) is 4.53. The van der Waals surface area contributed by atoms with Crippen LogP contribution in [-0.4, -0.2) is 42.8 Å². The van der Waals surface area contributed by atoms with Gasteiger partial charge in [-0.05, 0) is 44.8 Å². The molecule has 0 saturated carbocycles. The Labute approximate surface area is 142 Å². The summed E-state index contributed by atoms with van der Waals surface area (Å²) in [5, 5.41) is 35.4. The molecule has 2 aromatic rings. The summed E-state index contributed by atoms with van der Waals surface area (Å²) in [7, 11) is 4.23. The molecule has 6 nitrogen and oxygen atoms in total. The van der Waals surface area contributed by atoms with Crippen LogP contribution in [-0.2, 0) is 15.2 Å². The van der Waals surface area contributed by atoms with Crippen molar-refractivity contribution in [2.45, 2.75) is 12.0 Å². The van der Waals surface area contributed by atoms with Crippen LogP contribution in [0.3, 0.4) is 0 Å². The van der Waals surface area contributed by atoms with Gasteiger partial charge in [-0.25, -0.2) is 4.79 Å². The molecule has 0 aliphatic carbocycles. The summed E-state index contributed by atoms with van der Waals surface area (Å²) in [6.45, 7) is 0.947. The molecule has 3 N–H and O–H groups in total. The zero-order valence-electron chi connectivity index (χ0n) is 12.8. The molecule has 2 rings (SSSR count). The van der Waals surface area contributed by atoms with Crippen LogP contribution in [0.2, 0.25) is 0 Å². The summed E-state index contributed by atoms with van der Waals surface area (Å²) in [5.41, 5.74) is 1.21. The molecule has 2 heterocycles. The van der Waals surface area contributed by atoms with E-state index in [0.29, 0.717) is 0 Å². The van der Waals surface area contributed by atoms with Gasteiger partial charge in [0.15, 0.2) is 5.97 Å². The van der Waals surface area contributed by atoms with E-state index < -0.39 is 17.5 Å². The van der Waals surface area contributed by atoms with E-state index in [1.165, 1.54) is 4.90 Å². The first-order chi connectivity index (χ1) is 10.8. The fraction of sp³-hybridized carbons (Fsp3) is 0.333. The predicted octanol–water partition coefficient (Wildman–Crippen LogP) is -0.599. The summed E-state index contributed by atoms with van der Waals surface area (Å²) in [4.78, 5) is 19.4. The van der Waals surface area contributed by atoms with Gasteiger partial charge >= 0.3 is 5.97 Å². The van der Waals surface area contributed by atoms with E-state index in [9.17, 15) is 5.11 Å². The molecule has 0 amide bonds. The second-order valence-corrected chi connectivity index (χ2v) is 6.74. The van der Waals surface area contributed by atoms with Crippen LogP contribution in [0.15, 0.2) is 33.7 Å². The number of carbonyl (C=O) groups excluding carboxylic acids is 1. The van der Waals surface area contributed by atoms with Crippen LogP contribution in [0.1, 0.15) is 17.5 Å². The Bertz CT molecular complexity index is 562. The molecule has 0 atom stereocenters. The van der Waals surface area contributed by atoms with Crippen molar-refractivity contribution in [3.8, 4) is 0 Å². The van der Waals surface area contributed by atoms with Crippen LogP contribution in [0.4, 0.5) is 0 Å². The van der Waals surface area contributed by atoms with Crippen molar-refractivity contribution in [3.05, 3.63) is 44.8 Å². The number of aliphatic hydroxyl groups is 1. The maximum absolute atomic E-state index is 11.0. The fourth-order valence-corrected chi connectivity index (χ4v) is 3.33. The van der Waals surface area contributed by atoms with Crippen LogP contribution >= 0.6 is 22.7 Å². The smallest absolute Gasteiger partial charge is 0.351 e. The van der Waals surface area contributed by atoms with Gasteiger partial charge in [0.25, 0.3) is 0 Å². The van der Waals surface area contributed by atoms with Gasteiger partial charge in [-0.1, -0.05) is 0 Å². The van der Waals surface area contributed by atoms with Gasteiger partial charge in [0, 0.05) is 6.42 Å². The standard InChI is InChI=1S/C13H17NOS2.C2H2O4/c1-14(2)6-5-13(15,11-3-7-16-9-11)12-4-8-17-10-12;3-1(4)2(5)6/h3-4,7-10,15H,5-6H2,1-2H3;(H,3,4)(H,5,6). The van der Waals surface area contributed by atoms with Crippen LogP contribution in [0.5, 0.6) is 0 Å². The SMILES string of the molecule is C[NH+](C)CCC(O)(c1ccsc1)c1ccsc1.O=C([O-])C(=O)O. The minimum atomic E-state index is -2.07. The highest BCUT2D eigenvalue weighted by atomic mass is 32.1. The zero-order valence-corrected chi connectivity index (χ0v) is 14.4. The van der Waals surface area contributed by atoms with Gasteiger partial charge in [0.2, 0.25) is 0 Å². The number of thiophene rings is 2. The Kier molecular flexibility index (Phi) is 7.37. The number of nitrogens with one attached hydrogen (secondary N) is 1. The van der Waals surface area contributed by atoms with Gasteiger partial charge in [-0.15, -0.1) is 0 Å². The highest BCUT2D eigenvalue weighted by Gasteiger charge is 2.33. The molecule has 2 aromatic heterocycles. The lowest BCUT2D eigenvalue weighted by atomic mass is 9.87. The Balaban J connectivity index is 0.000000379. The molecule has 0 saturated heterocycles. The number of aliphatic carboxylic acids is 2. The zero-order chi connectivity index (χ0) is 17.5. The average Bonchev–Trinajstić information content (AvgIpc) is 3.18. The first-order valence-electron chi connectivity index (χ1n) is 6.78. The van der Waals surface area contributed by atoms with E-state index in [-0.39, 0.29) is 0 Å². The molecule has 0 aliphatic heterocycles. The molecule has 0 aliphatic rings. The second kappa shape index (κ2) is 8.78.